The van der Waals surface area contributed by atoms with Gasteiger partial charge in [-0.2, -0.15) is 0 Å². The Labute approximate surface area is 121 Å². The van der Waals surface area contributed by atoms with E-state index in [2.05, 4.69) is 44.0 Å². The molecule has 106 valence electrons. The average molecular weight is 269 g/mol. The van der Waals surface area contributed by atoms with Crippen molar-refractivity contribution in [1.82, 2.24) is 0 Å². The minimum atomic E-state index is -0.399. The molecule has 0 aromatic heterocycles. The van der Waals surface area contributed by atoms with Crippen molar-refractivity contribution in [2.75, 3.05) is 18.5 Å². The number of aliphatic hydroxyl groups is 1. The van der Waals surface area contributed by atoms with Crippen LogP contribution in [0.4, 0.5) is 5.69 Å². The normalized spacial score (nSPS) is 12.2. The Bertz CT molecular complexity index is 551. The van der Waals surface area contributed by atoms with Crippen molar-refractivity contribution in [1.29, 1.82) is 0 Å². The van der Waals surface area contributed by atoms with Crippen molar-refractivity contribution in [2.24, 2.45) is 0 Å². The molecule has 0 heterocycles. The highest BCUT2D eigenvalue weighted by atomic mass is 16.3. The van der Waals surface area contributed by atoms with Crippen LogP contribution in [0.3, 0.4) is 0 Å². The zero-order valence-corrected chi connectivity index (χ0v) is 12.5. The van der Waals surface area contributed by atoms with Crippen LogP contribution in [-0.4, -0.2) is 18.7 Å². The molecular formula is C18H23NO. The van der Waals surface area contributed by atoms with Crippen molar-refractivity contribution in [3.63, 3.8) is 0 Å². The monoisotopic (exact) mass is 269 g/mol. The molecule has 0 aliphatic rings. The van der Waals surface area contributed by atoms with Crippen LogP contribution in [0, 0.1) is 13.8 Å². The van der Waals surface area contributed by atoms with Crippen molar-refractivity contribution in [3.8, 4) is 0 Å². The quantitative estimate of drug-likeness (QED) is 0.891. The van der Waals surface area contributed by atoms with E-state index in [1.807, 2.05) is 30.3 Å². The standard InChI is InChI=1S/C18H23NO/c1-14-9-10-17(15(2)13-14)19(3)12-11-18(20)16-7-5-4-6-8-16/h4-10,13,18,20H,11-12H2,1-3H3. The predicted octanol–water partition coefficient (Wildman–Crippen LogP) is 3.86. The summed E-state index contributed by atoms with van der Waals surface area (Å²) in [5, 5.41) is 10.2. The first-order valence-electron chi connectivity index (χ1n) is 7.09. The lowest BCUT2D eigenvalue weighted by Crippen LogP contribution is -2.21. The Morgan fingerprint density at radius 1 is 1.05 bits per heavy atom. The van der Waals surface area contributed by atoms with Crippen molar-refractivity contribution < 1.29 is 5.11 Å². The molecule has 0 radical (unpaired) electrons. The van der Waals surface area contributed by atoms with Crippen LogP contribution in [0.1, 0.15) is 29.2 Å². The molecular weight excluding hydrogens is 246 g/mol. The molecule has 1 unspecified atom stereocenters. The van der Waals surface area contributed by atoms with E-state index in [1.165, 1.54) is 16.8 Å². The van der Waals surface area contributed by atoms with Crippen LogP contribution in [-0.2, 0) is 0 Å². The minimum absolute atomic E-state index is 0.399. The molecule has 2 aromatic rings. The Balaban J connectivity index is 1.96. The number of aliphatic hydroxyl groups excluding tert-OH is 1. The molecule has 0 amide bonds. The number of rotatable bonds is 5. The van der Waals surface area contributed by atoms with Gasteiger partial charge in [-0.1, -0.05) is 48.0 Å². The molecule has 1 atom stereocenters. The maximum absolute atomic E-state index is 10.2. The van der Waals surface area contributed by atoms with Gasteiger partial charge in [-0.15, -0.1) is 0 Å². The third-order valence-electron chi connectivity index (χ3n) is 3.69. The zero-order valence-electron chi connectivity index (χ0n) is 12.5. The SMILES string of the molecule is Cc1ccc(N(C)CCC(O)c2ccccc2)c(C)c1. The van der Waals surface area contributed by atoms with E-state index >= 15 is 0 Å². The number of benzene rings is 2. The lowest BCUT2D eigenvalue weighted by atomic mass is 10.1. The van der Waals surface area contributed by atoms with Crippen molar-refractivity contribution >= 4 is 5.69 Å². The van der Waals surface area contributed by atoms with Gasteiger partial charge in [-0.3, -0.25) is 0 Å². The molecule has 0 saturated carbocycles. The van der Waals surface area contributed by atoms with Gasteiger partial charge in [0, 0.05) is 19.3 Å². The van der Waals surface area contributed by atoms with Crippen LogP contribution in [0.5, 0.6) is 0 Å². The van der Waals surface area contributed by atoms with Crippen LogP contribution in [0.25, 0.3) is 0 Å². The number of hydrogen-bond acceptors (Lipinski definition) is 2. The first-order chi connectivity index (χ1) is 9.58. The number of nitrogens with zero attached hydrogens (tertiary/aromatic N) is 1. The fourth-order valence-electron chi connectivity index (χ4n) is 2.51. The molecule has 0 spiro atoms. The minimum Gasteiger partial charge on any atom is -0.388 e. The molecule has 20 heavy (non-hydrogen) atoms. The second kappa shape index (κ2) is 6.58. The van der Waals surface area contributed by atoms with Gasteiger partial charge in [0.05, 0.1) is 6.10 Å². The Kier molecular flexibility index (Phi) is 4.80. The summed E-state index contributed by atoms with van der Waals surface area (Å²) < 4.78 is 0. The number of hydrogen-bond donors (Lipinski definition) is 1. The Hall–Kier alpha value is -1.80. The first-order valence-corrected chi connectivity index (χ1v) is 7.09. The molecule has 0 saturated heterocycles. The summed E-state index contributed by atoms with van der Waals surface area (Å²) in [7, 11) is 2.08. The summed E-state index contributed by atoms with van der Waals surface area (Å²) in [5.41, 5.74) is 4.78. The first kappa shape index (κ1) is 14.6. The van der Waals surface area contributed by atoms with E-state index in [1.54, 1.807) is 0 Å². The highest BCUT2D eigenvalue weighted by Crippen LogP contribution is 2.22. The molecule has 2 heteroatoms. The highest BCUT2D eigenvalue weighted by molar-refractivity contribution is 5.53. The van der Waals surface area contributed by atoms with E-state index < -0.39 is 6.10 Å². The van der Waals surface area contributed by atoms with Gasteiger partial charge in [0.25, 0.3) is 0 Å². The third kappa shape index (κ3) is 3.61. The Morgan fingerprint density at radius 2 is 1.75 bits per heavy atom. The summed E-state index contributed by atoms with van der Waals surface area (Å²) in [6, 6.07) is 16.3. The van der Waals surface area contributed by atoms with Crippen LogP contribution >= 0.6 is 0 Å². The van der Waals surface area contributed by atoms with E-state index in [9.17, 15) is 5.11 Å². The lowest BCUT2D eigenvalue weighted by Gasteiger charge is -2.23. The predicted molar refractivity (Wildman–Crippen MR) is 85.2 cm³/mol. The van der Waals surface area contributed by atoms with E-state index in [0.29, 0.717) is 0 Å². The zero-order chi connectivity index (χ0) is 14.5. The highest BCUT2D eigenvalue weighted by Gasteiger charge is 2.10. The molecule has 2 nitrogen and oxygen atoms in total. The Morgan fingerprint density at radius 3 is 2.40 bits per heavy atom. The fraction of sp³-hybridized carbons (Fsp3) is 0.333. The second-order valence-electron chi connectivity index (χ2n) is 5.43. The molecule has 0 aliphatic carbocycles. The largest absolute Gasteiger partial charge is 0.388 e. The summed E-state index contributed by atoms with van der Waals surface area (Å²) in [6.07, 6.45) is 0.331. The maximum atomic E-state index is 10.2. The molecule has 2 rings (SSSR count). The summed E-state index contributed by atoms with van der Waals surface area (Å²) in [6.45, 7) is 5.07. The van der Waals surface area contributed by atoms with Gasteiger partial charge in [-0.25, -0.2) is 0 Å². The van der Waals surface area contributed by atoms with Crippen LogP contribution in [0.15, 0.2) is 48.5 Å². The third-order valence-corrected chi connectivity index (χ3v) is 3.69. The van der Waals surface area contributed by atoms with Crippen LogP contribution in [0.2, 0.25) is 0 Å². The van der Waals surface area contributed by atoms with Gasteiger partial charge in [0.2, 0.25) is 0 Å². The van der Waals surface area contributed by atoms with E-state index in [0.717, 1.165) is 18.5 Å². The molecule has 0 bridgehead atoms. The van der Waals surface area contributed by atoms with Crippen LogP contribution < -0.4 is 4.90 Å². The van der Waals surface area contributed by atoms with Gasteiger partial charge in [0.15, 0.2) is 0 Å². The lowest BCUT2D eigenvalue weighted by molar-refractivity contribution is 0.170. The maximum Gasteiger partial charge on any atom is 0.0806 e. The summed E-state index contributed by atoms with van der Waals surface area (Å²) in [5.74, 6) is 0. The number of anilines is 1. The van der Waals surface area contributed by atoms with Gasteiger partial charge >= 0.3 is 0 Å². The van der Waals surface area contributed by atoms with E-state index in [-0.39, 0.29) is 0 Å². The molecule has 0 fully saturated rings. The van der Waals surface area contributed by atoms with Gasteiger partial charge in [-0.05, 0) is 37.5 Å². The summed E-state index contributed by atoms with van der Waals surface area (Å²) >= 11 is 0. The van der Waals surface area contributed by atoms with Gasteiger partial charge in [0.1, 0.15) is 0 Å². The van der Waals surface area contributed by atoms with E-state index in [4.69, 9.17) is 0 Å². The molecule has 1 N–H and O–H groups in total. The van der Waals surface area contributed by atoms with Gasteiger partial charge < -0.3 is 10.0 Å². The molecule has 2 aromatic carbocycles. The fourth-order valence-corrected chi connectivity index (χ4v) is 2.51. The number of aryl methyl sites for hydroxylation is 2. The summed E-state index contributed by atoms with van der Waals surface area (Å²) in [4.78, 5) is 2.21. The molecule has 0 aliphatic heterocycles. The second-order valence-corrected chi connectivity index (χ2v) is 5.43. The van der Waals surface area contributed by atoms with Crippen molar-refractivity contribution in [2.45, 2.75) is 26.4 Å². The smallest absolute Gasteiger partial charge is 0.0806 e. The average Bonchev–Trinajstić information content (AvgIpc) is 2.45. The topological polar surface area (TPSA) is 23.5 Å². The van der Waals surface area contributed by atoms with Crippen molar-refractivity contribution in [3.05, 3.63) is 65.2 Å².